The molecular formula is C13H14N2O4. The van der Waals surface area contributed by atoms with Crippen LogP contribution in [0.4, 0.5) is 0 Å². The van der Waals surface area contributed by atoms with Crippen molar-refractivity contribution in [3.05, 3.63) is 47.2 Å². The van der Waals surface area contributed by atoms with E-state index in [0.29, 0.717) is 5.56 Å². The number of nitrogens with two attached hydrogens (primary N) is 1. The summed E-state index contributed by atoms with van der Waals surface area (Å²) in [5, 5.41) is 9.37. The molecule has 0 bridgehead atoms. The van der Waals surface area contributed by atoms with Gasteiger partial charge in [-0.2, -0.15) is 4.99 Å². The maximum atomic E-state index is 11.8. The number of esters is 1. The van der Waals surface area contributed by atoms with Crippen LogP contribution in [0.1, 0.15) is 17.3 Å². The van der Waals surface area contributed by atoms with Gasteiger partial charge in [0.2, 0.25) is 0 Å². The van der Waals surface area contributed by atoms with Crippen molar-refractivity contribution in [2.75, 3.05) is 7.11 Å². The molecule has 1 aromatic rings. The number of carbonyl (C=O) groups is 2. The maximum absolute atomic E-state index is 11.8. The van der Waals surface area contributed by atoms with Crippen molar-refractivity contribution in [2.45, 2.75) is 6.92 Å². The molecular weight excluding hydrogens is 248 g/mol. The van der Waals surface area contributed by atoms with E-state index < -0.39 is 11.9 Å². The van der Waals surface area contributed by atoms with Crippen molar-refractivity contribution < 1.29 is 19.4 Å². The second-order valence-corrected chi connectivity index (χ2v) is 3.62. The van der Waals surface area contributed by atoms with Crippen LogP contribution in [0.15, 0.2) is 46.7 Å². The molecule has 0 unspecified atom stereocenters. The lowest BCUT2D eigenvalue weighted by Gasteiger charge is -2.05. The van der Waals surface area contributed by atoms with Crippen LogP contribution in [0.25, 0.3) is 0 Å². The highest BCUT2D eigenvalue weighted by molar-refractivity contribution is 6.21. The van der Waals surface area contributed by atoms with Gasteiger partial charge in [0.1, 0.15) is 17.2 Å². The third-order valence-electron chi connectivity index (χ3n) is 2.25. The number of hydrogen-bond acceptors (Lipinski definition) is 4. The number of rotatable bonds is 3. The van der Waals surface area contributed by atoms with Gasteiger partial charge >= 0.3 is 5.97 Å². The summed E-state index contributed by atoms with van der Waals surface area (Å²) in [6.07, 6.45) is 0. The number of nitrogens with zero attached hydrogens (tertiary/aromatic N) is 1. The molecule has 3 N–H and O–H groups in total. The lowest BCUT2D eigenvalue weighted by Crippen LogP contribution is -2.25. The molecule has 100 valence electrons. The number of benzene rings is 1. The monoisotopic (exact) mass is 262 g/mol. The Labute approximate surface area is 110 Å². The van der Waals surface area contributed by atoms with Gasteiger partial charge in [-0.1, -0.05) is 18.2 Å². The molecule has 6 nitrogen and oxygen atoms in total. The molecule has 6 heteroatoms. The minimum Gasteiger partial charge on any atom is -0.512 e. The van der Waals surface area contributed by atoms with E-state index in [1.807, 2.05) is 0 Å². The van der Waals surface area contributed by atoms with Gasteiger partial charge in [0.25, 0.3) is 5.91 Å². The molecule has 1 amide bonds. The van der Waals surface area contributed by atoms with E-state index in [1.165, 1.54) is 6.92 Å². The number of ether oxygens (including phenoxy) is 1. The Morgan fingerprint density at radius 2 is 1.84 bits per heavy atom. The van der Waals surface area contributed by atoms with Gasteiger partial charge in [-0.3, -0.25) is 4.79 Å². The highest BCUT2D eigenvalue weighted by Gasteiger charge is 2.19. The molecule has 0 heterocycles. The molecule has 0 radical (unpaired) electrons. The first-order valence-corrected chi connectivity index (χ1v) is 5.39. The number of aliphatic imine (C=N–C) groups is 1. The Morgan fingerprint density at radius 1 is 1.26 bits per heavy atom. The van der Waals surface area contributed by atoms with E-state index in [-0.39, 0.29) is 17.2 Å². The Balaban J connectivity index is 3.08. The second kappa shape index (κ2) is 6.34. The van der Waals surface area contributed by atoms with Gasteiger partial charge in [-0.15, -0.1) is 0 Å². The molecule has 0 atom stereocenters. The van der Waals surface area contributed by atoms with Crippen LogP contribution in [-0.2, 0) is 9.53 Å². The molecule has 19 heavy (non-hydrogen) atoms. The summed E-state index contributed by atoms with van der Waals surface area (Å²) < 4.78 is 4.45. The average Bonchev–Trinajstić information content (AvgIpc) is 2.39. The highest BCUT2D eigenvalue weighted by atomic mass is 16.5. The SMILES string of the molecule is COC(=O)/C(C(N)=NC(=O)c1ccccc1)=C(\C)O. The first kappa shape index (κ1) is 14.4. The van der Waals surface area contributed by atoms with Gasteiger partial charge in [0.15, 0.2) is 0 Å². The fourth-order valence-corrected chi connectivity index (χ4v) is 1.35. The van der Waals surface area contributed by atoms with Crippen LogP contribution in [0.2, 0.25) is 0 Å². The number of amidine groups is 1. The van der Waals surface area contributed by atoms with Crippen LogP contribution in [-0.4, -0.2) is 29.9 Å². The maximum Gasteiger partial charge on any atom is 0.345 e. The van der Waals surface area contributed by atoms with E-state index in [4.69, 9.17) is 5.73 Å². The second-order valence-electron chi connectivity index (χ2n) is 3.62. The van der Waals surface area contributed by atoms with Crippen LogP contribution >= 0.6 is 0 Å². The summed E-state index contributed by atoms with van der Waals surface area (Å²) in [6, 6.07) is 8.22. The predicted octanol–water partition coefficient (Wildman–Crippen LogP) is 1.19. The zero-order valence-corrected chi connectivity index (χ0v) is 10.6. The van der Waals surface area contributed by atoms with E-state index in [1.54, 1.807) is 30.3 Å². The molecule has 0 saturated heterocycles. The van der Waals surface area contributed by atoms with Crippen LogP contribution in [0.5, 0.6) is 0 Å². The Kier molecular flexibility index (Phi) is 4.82. The van der Waals surface area contributed by atoms with Gasteiger partial charge in [0.05, 0.1) is 7.11 Å². The van der Waals surface area contributed by atoms with Crippen molar-refractivity contribution in [3.8, 4) is 0 Å². The largest absolute Gasteiger partial charge is 0.512 e. The van der Waals surface area contributed by atoms with Gasteiger partial charge < -0.3 is 15.6 Å². The summed E-state index contributed by atoms with van der Waals surface area (Å²) in [6.45, 7) is 1.25. The molecule has 1 rings (SSSR count). The normalized spacial score (nSPS) is 12.6. The Morgan fingerprint density at radius 3 is 2.32 bits per heavy atom. The van der Waals surface area contributed by atoms with Crippen LogP contribution in [0, 0.1) is 0 Å². The molecule has 0 aliphatic heterocycles. The number of aliphatic hydroxyl groups is 1. The number of amides is 1. The zero-order chi connectivity index (χ0) is 14.4. The standard InChI is InChI=1S/C13H14N2O4/c1-8(16)10(13(18)19-2)11(14)15-12(17)9-6-4-3-5-7-9/h3-7,16H,1-2H3,(H2,14,15,17)/b10-8+. The molecule has 0 fully saturated rings. The summed E-state index contributed by atoms with van der Waals surface area (Å²) in [5.41, 5.74) is 5.54. The summed E-state index contributed by atoms with van der Waals surface area (Å²) in [5.74, 6) is -2.22. The quantitative estimate of drug-likeness (QED) is 0.280. The summed E-state index contributed by atoms with van der Waals surface area (Å²) >= 11 is 0. The molecule has 0 saturated carbocycles. The fourth-order valence-electron chi connectivity index (χ4n) is 1.35. The fraction of sp³-hybridized carbons (Fsp3) is 0.154. The minimum absolute atomic E-state index is 0.324. The topological polar surface area (TPSA) is 102 Å². The molecule has 0 spiro atoms. The summed E-state index contributed by atoms with van der Waals surface area (Å²) in [7, 11) is 1.14. The van der Waals surface area contributed by atoms with Gasteiger partial charge in [0, 0.05) is 5.56 Å². The number of carbonyl (C=O) groups excluding carboxylic acids is 2. The van der Waals surface area contributed by atoms with Crippen LogP contribution < -0.4 is 5.73 Å². The number of aliphatic hydroxyl groups excluding tert-OH is 1. The summed E-state index contributed by atoms with van der Waals surface area (Å²) in [4.78, 5) is 26.7. The van der Waals surface area contributed by atoms with E-state index in [2.05, 4.69) is 9.73 Å². The van der Waals surface area contributed by atoms with Crippen molar-refractivity contribution in [1.29, 1.82) is 0 Å². The average molecular weight is 262 g/mol. The third-order valence-corrected chi connectivity index (χ3v) is 2.25. The molecule has 0 aliphatic carbocycles. The molecule has 1 aromatic carbocycles. The number of methoxy groups -OCH3 is 1. The lowest BCUT2D eigenvalue weighted by molar-refractivity contribution is -0.135. The predicted molar refractivity (Wildman–Crippen MR) is 69.7 cm³/mol. The van der Waals surface area contributed by atoms with Crippen molar-refractivity contribution in [2.24, 2.45) is 10.7 Å². The Bertz CT molecular complexity index is 543. The smallest absolute Gasteiger partial charge is 0.345 e. The van der Waals surface area contributed by atoms with Gasteiger partial charge in [-0.25, -0.2) is 4.79 Å². The first-order valence-electron chi connectivity index (χ1n) is 5.39. The minimum atomic E-state index is -0.859. The van der Waals surface area contributed by atoms with Crippen molar-refractivity contribution in [3.63, 3.8) is 0 Å². The van der Waals surface area contributed by atoms with E-state index >= 15 is 0 Å². The van der Waals surface area contributed by atoms with Crippen molar-refractivity contribution in [1.82, 2.24) is 0 Å². The number of allylic oxidation sites excluding steroid dienone is 1. The molecule has 0 aromatic heterocycles. The van der Waals surface area contributed by atoms with Crippen LogP contribution in [0.3, 0.4) is 0 Å². The van der Waals surface area contributed by atoms with Gasteiger partial charge in [-0.05, 0) is 19.1 Å². The van der Waals surface area contributed by atoms with Crippen molar-refractivity contribution >= 4 is 17.7 Å². The first-order chi connectivity index (χ1) is 8.97. The molecule has 0 aliphatic rings. The number of hydrogen-bond donors (Lipinski definition) is 2. The lowest BCUT2D eigenvalue weighted by atomic mass is 10.2. The van der Waals surface area contributed by atoms with E-state index in [9.17, 15) is 14.7 Å². The van der Waals surface area contributed by atoms with E-state index in [0.717, 1.165) is 7.11 Å². The third kappa shape index (κ3) is 3.67. The zero-order valence-electron chi connectivity index (χ0n) is 10.6. The highest BCUT2D eigenvalue weighted by Crippen LogP contribution is 2.06. The Hall–Kier alpha value is -2.63.